The molecular formula is C15H13N3O4. The van der Waals surface area contributed by atoms with E-state index < -0.39 is 10.8 Å². The first-order chi connectivity index (χ1) is 10.5. The molecule has 2 aromatic carbocycles. The minimum atomic E-state index is -0.633. The number of anilines is 1. The molecule has 0 radical (unpaired) electrons. The molecule has 7 heteroatoms. The summed E-state index contributed by atoms with van der Waals surface area (Å²) in [6.45, 7) is 0. The smallest absolute Gasteiger partial charge is 0.269 e. The number of primary amides is 1. The predicted octanol–water partition coefficient (Wildman–Crippen LogP) is 1.87. The predicted molar refractivity (Wildman–Crippen MR) is 80.4 cm³/mol. The van der Waals surface area contributed by atoms with Crippen molar-refractivity contribution >= 4 is 23.2 Å². The van der Waals surface area contributed by atoms with Gasteiger partial charge in [-0.3, -0.25) is 19.7 Å². The van der Waals surface area contributed by atoms with Crippen LogP contribution in [0.4, 0.5) is 11.4 Å². The molecule has 0 unspecified atom stereocenters. The molecule has 2 rings (SSSR count). The number of para-hydroxylation sites is 1. The zero-order valence-corrected chi connectivity index (χ0v) is 11.5. The Bertz CT molecular complexity index is 726. The van der Waals surface area contributed by atoms with Gasteiger partial charge in [0.2, 0.25) is 5.91 Å². The normalized spacial score (nSPS) is 10.0. The summed E-state index contributed by atoms with van der Waals surface area (Å²) < 4.78 is 0. The van der Waals surface area contributed by atoms with Crippen LogP contribution in [-0.2, 0) is 11.2 Å². The Kier molecular flexibility index (Phi) is 4.47. The van der Waals surface area contributed by atoms with Crippen LogP contribution in [0, 0.1) is 10.1 Å². The lowest BCUT2D eigenvalue weighted by Gasteiger charge is -2.08. The number of nitro groups is 1. The second-order valence-electron chi connectivity index (χ2n) is 4.56. The Morgan fingerprint density at radius 3 is 2.32 bits per heavy atom. The maximum absolute atomic E-state index is 12.0. The molecule has 0 aliphatic rings. The molecule has 2 amide bonds. The van der Waals surface area contributed by atoms with Gasteiger partial charge in [-0.25, -0.2) is 0 Å². The van der Waals surface area contributed by atoms with Gasteiger partial charge in [0.05, 0.1) is 22.6 Å². The number of amides is 2. The minimum Gasteiger partial charge on any atom is -0.366 e. The highest BCUT2D eigenvalue weighted by Crippen LogP contribution is 2.16. The van der Waals surface area contributed by atoms with Crippen molar-refractivity contribution in [1.82, 2.24) is 0 Å². The van der Waals surface area contributed by atoms with Crippen LogP contribution < -0.4 is 11.1 Å². The lowest BCUT2D eigenvalue weighted by molar-refractivity contribution is -0.384. The number of carbonyl (C=O) groups excluding carboxylic acids is 2. The SMILES string of the molecule is NC(=O)c1ccccc1NC(=O)Cc1ccc([N+](=O)[O-])cc1. The molecule has 0 spiro atoms. The Balaban J connectivity index is 2.07. The summed E-state index contributed by atoms with van der Waals surface area (Å²) >= 11 is 0. The van der Waals surface area contributed by atoms with Crippen molar-refractivity contribution in [1.29, 1.82) is 0 Å². The minimum absolute atomic E-state index is 0.0328. The van der Waals surface area contributed by atoms with Gasteiger partial charge in [0, 0.05) is 12.1 Å². The van der Waals surface area contributed by atoms with Crippen LogP contribution in [0.25, 0.3) is 0 Å². The van der Waals surface area contributed by atoms with E-state index in [1.54, 1.807) is 18.2 Å². The van der Waals surface area contributed by atoms with E-state index in [1.165, 1.54) is 30.3 Å². The largest absolute Gasteiger partial charge is 0.366 e. The third-order valence-electron chi connectivity index (χ3n) is 2.98. The molecule has 2 aromatic rings. The van der Waals surface area contributed by atoms with Crippen LogP contribution in [-0.4, -0.2) is 16.7 Å². The quantitative estimate of drug-likeness (QED) is 0.647. The van der Waals surface area contributed by atoms with Crippen LogP contribution in [0.15, 0.2) is 48.5 Å². The molecule has 0 atom stereocenters. The van der Waals surface area contributed by atoms with Crippen molar-refractivity contribution in [3.63, 3.8) is 0 Å². The van der Waals surface area contributed by atoms with E-state index in [9.17, 15) is 19.7 Å². The zero-order chi connectivity index (χ0) is 16.1. The third kappa shape index (κ3) is 3.66. The summed E-state index contributed by atoms with van der Waals surface area (Å²) in [6.07, 6.45) is 0.0328. The molecule has 112 valence electrons. The Morgan fingerprint density at radius 1 is 1.09 bits per heavy atom. The van der Waals surface area contributed by atoms with Crippen molar-refractivity contribution < 1.29 is 14.5 Å². The maximum Gasteiger partial charge on any atom is 0.269 e. The van der Waals surface area contributed by atoms with E-state index in [1.807, 2.05) is 0 Å². The van der Waals surface area contributed by atoms with Gasteiger partial charge in [-0.15, -0.1) is 0 Å². The first-order valence-electron chi connectivity index (χ1n) is 6.39. The molecule has 0 saturated carbocycles. The molecule has 0 aliphatic heterocycles. The zero-order valence-electron chi connectivity index (χ0n) is 11.5. The van der Waals surface area contributed by atoms with Gasteiger partial charge in [0.15, 0.2) is 0 Å². The molecular weight excluding hydrogens is 286 g/mol. The van der Waals surface area contributed by atoms with Gasteiger partial charge >= 0.3 is 0 Å². The van der Waals surface area contributed by atoms with Gasteiger partial charge in [-0.1, -0.05) is 24.3 Å². The molecule has 7 nitrogen and oxygen atoms in total. The number of hydrogen-bond acceptors (Lipinski definition) is 4. The fraction of sp³-hybridized carbons (Fsp3) is 0.0667. The number of rotatable bonds is 5. The second kappa shape index (κ2) is 6.49. The highest BCUT2D eigenvalue weighted by atomic mass is 16.6. The summed E-state index contributed by atoms with van der Waals surface area (Å²) in [7, 11) is 0. The number of nitro benzene ring substituents is 1. The maximum atomic E-state index is 12.0. The van der Waals surface area contributed by atoms with Crippen LogP contribution in [0.1, 0.15) is 15.9 Å². The standard InChI is InChI=1S/C15H13N3O4/c16-15(20)12-3-1-2-4-13(12)17-14(19)9-10-5-7-11(8-6-10)18(21)22/h1-8H,9H2,(H2,16,20)(H,17,19). The molecule has 0 saturated heterocycles. The van der Waals surface area contributed by atoms with Crippen molar-refractivity contribution in [3.05, 3.63) is 69.8 Å². The van der Waals surface area contributed by atoms with Crippen LogP contribution in [0.5, 0.6) is 0 Å². The van der Waals surface area contributed by atoms with Crippen molar-refractivity contribution in [2.24, 2.45) is 5.73 Å². The van der Waals surface area contributed by atoms with Crippen molar-refractivity contribution in [2.45, 2.75) is 6.42 Å². The van der Waals surface area contributed by atoms with E-state index >= 15 is 0 Å². The lowest BCUT2D eigenvalue weighted by atomic mass is 10.1. The number of carbonyl (C=O) groups is 2. The van der Waals surface area contributed by atoms with Gasteiger partial charge in [0.1, 0.15) is 0 Å². The average molecular weight is 299 g/mol. The summed E-state index contributed by atoms with van der Waals surface area (Å²) in [5.41, 5.74) is 6.38. The van der Waals surface area contributed by atoms with Gasteiger partial charge in [-0.2, -0.15) is 0 Å². The number of non-ortho nitro benzene ring substituents is 1. The summed E-state index contributed by atoms with van der Waals surface area (Å²) in [6, 6.07) is 12.1. The Hall–Kier alpha value is -3.22. The van der Waals surface area contributed by atoms with Gasteiger partial charge in [-0.05, 0) is 17.7 Å². The molecule has 22 heavy (non-hydrogen) atoms. The first kappa shape index (κ1) is 15.2. The molecule has 3 N–H and O–H groups in total. The second-order valence-corrected chi connectivity index (χ2v) is 4.56. The average Bonchev–Trinajstić information content (AvgIpc) is 2.48. The Morgan fingerprint density at radius 2 is 1.73 bits per heavy atom. The van der Waals surface area contributed by atoms with Gasteiger partial charge < -0.3 is 11.1 Å². The number of hydrogen-bond donors (Lipinski definition) is 2. The molecule has 0 fully saturated rings. The topological polar surface area (TPSA) is 115 Å². The number of nitrogens with zero attached hydrogens (tertiary/aromatic N) is 1. The summed E-state index contributed by atoms with van der Waals surface area (Å²) in [5.74, 6) is -0.978. The number of nitrogens with one attached hydrogen (secondary N) is 1. The lowest BCUT2D eigenvalue weighted by Crippen LogP contribution is -2.19. The molecule has 0 aromatic heterocycles. The van der Waals surface area contributed by atoms with Crippen LogP contribution in [0.2, 0.25) is 0 Å². The van der Waals surface area contributed by atoms with Crippen LogP contribution >= 0.6 is 0 Å². The fourth-order valence-electron chi connectivity index (χ4n) is 1.92. The van der Waals surface area contributed by atoms with Crippen molar-refractivity contribution in [3.8, 4) is 0 Å². The fourth-order valence-corrected chi connectivity index (χ4v) is 1.92. The number of benzene rings is 2. The van der Waals surface area contributed by atoms with E-state index in [4.69, 9.17) is 5.73 Å². The van der Waals surface area contributed by atoms with Crippen LogP contribution in [0.3, 0.4) is 0 Å². The summed E-state index contributed by atoms with van der Waals surface area (Å²) in [4.78, 5) is 33.3. The highest BCUT2D eigenvalue weighted by Gasteiger charge is 2.11. The molecule has 0 heterocycles. The van der Waals surface area contributed by atoms with Crippen molar-refractivity contribution in [2.75, 3.05) is 5.32 Å². The molecule has 0 bridgehead atoms. The molecule has 0 aliphatic carbocycles. The highest BCUT2D eigenvalue weighted by molar-refractivity contribution is 6.03. The number of nitrogens with two attached hydrogens (primary N) is 1. The van der Waals surface area contributed by atoms with E-state index in [2.05, 4.69) is 5.32 Å². The van der Waals surface area contributed by atoms with E-state index in [0.29, 0.717) is 11.3 Å². The Labute approximate surface area is 125 Å². The van der Waals surface area contributed by atoms with E-state index in [-0.39, 0.29) is 23.6 Å². The third-order valence-corrected chi connectivity index (χ3v) is 2.98. The van der Waals surface area contributed by atoms with E-state index in [0.717, 1.165) is 0 Å². The van der Waals surface area contributed by atoms with Gasteiger partial charge in [0.25, 0.3) is 11.6 Å². The summed E-state index contributed by atoms with van der Waals surface area (Å²) in [5, 5.41) is 13.2. The monoisotopic (exact) mass is 299 g/mol. The first-order valence-corrected chi connectivity index (χ1v) is 6.39.